The van der Waals surface area contributed by atoms with E-state index in [1.165, 1.54) is 191 Å². The molecule has 4 nitrogen and oxygen atoms in total. The molecule has 2 aromatic rings. The fourth-order valence-electron chi connectivity index (χ4n) is 9.84. The summed E-state index contributed by atoms with van der Waals surface area (Å²) < 4.78 is 15.9. The van der Waals surface area contributed by atoms with Gasteiger partial charge in [0.1, 0.15) is 0 Å². The van der Waals surface area contributed by atoms with Crippen molar-refractivity contribution in [1.29, 1.82) is 0 Å². The number of hydrogen-bond acceptors (Lipinski definition) is 4. The van der Waals surface area contributed by atoms with Gasteiger partial charge in [0.15, 0.2) is 0 Å². The monoisotopic (exact) mass is 933 g/mol. The van der Waals surface area contributed by atoms with Gasteiger partial charge in [-0.15, -0.1) is 0 Å². The van der Waals surface area contributed by atoms with E-state index < -0.39 is 20.9 Å². The van der Waals surface area contributed by atoms with Crippen LogP contribution in [-0.2, 0) is 12.8 Å². The molecule has 2 heterocycles. The van der Waals surface area contributed by atoms with Crippen LogP contribution in [0.4, 0.5) is 0 Å². The van der Waals surface area contributed by atoms with Gasteiger partial charge in [0.25, 0.3) is 0 Å². The van der Waals surface area contributed by atoms with Gasteiger partial charge in [-0.3, -0.25) is 0 Å². The molecular formula is C54H90O4Te. The van der Waals surface area contributed by atoms with Crippen molar-refractivity contribution in [3.8, 4) is 23.0 Å². The molecule has 0 spiro atoms. The maximum absolute atomic E-state index is 11.4. The van der Waals surface area contributed by atoms with Gasteiger partial charge >= 0.3 is 260 Å². The summed E-state index contributed by atoms with van der Waals surface area (Å²) in [5.41, 5.74) is 4.07. The van der Waals surface area contributed by atoms with Gasteiger partial charge < -0.3 is 0 Å². The van der Waals surface area contributed by atoms with Crippen LogP contribution in [0, 0.1) is 13.8 Å². The summed E-state index contributed by atoms with van der Waals surface area (Å²) in [6, 6.07) is 3.83. The number of phenolic OH excluding ortho intramolecular Hbond substituents is 2. The molecule has 0 aromatic heterocycles. The number of benzene rings is 2. The normalized spacial score (nSPS) is 18.7. The Hall–Kier alpha value is -1.57. The third-order valence-corrected chi connectivity index (χ3v) is 17.6. The third kappa shape index (κ3) is 17.3. The van der Waals surface area contributed by atoms with Gasteiger partial charge in [-0.05, 0) is 0 Å². The van der Waals surface area contributed by atoms with Gasteiger partial charge in [-0.1, -0.05) is 117 Å². The molecular weight excluding hydrogens is 840 g/mol. The Balaban J connectivity index is 1.21. The van der Waals surface area contributed by atoms with Crippen molar-refractivity contribution < 1.29 is 19.7 Å². The Kier molecular flexibility index (Phi) is 23.3. The van der Waals surface area contributed by atoms with Crippen LogP contribution in [0.15, 0.2) is 12.1 Å². The quantitative estimate of drug-likeness (QED) is 0.0567. The van der Waals surface area contributed by atoms with Crippen molar-refractivity contribution in [2.24, 2.45) is 0 Å². The Morgan fingerprint density at radius 1 is 0.458 bits per heavy atom. The molecule has 4 rings (SSSR count). The number of hydrogen-bond donors (Lipinski definition) is 2. The molecule has 2 aromatic carbocycles. The van der Waals surface area contributed by atoms with Crippen molar-refractivity contribution in [2.45, 2.75) is 271 Å². The molecule has 2 atom stereocenters. The number of unbranched alkanes of at least 4 members (excludes halogenated alkanes) is 26. The molecule has 0 radical (unpaired) electrons. The first-order chi connectivity index (χ1) is 28.6. The second-order valence-corrected chi connectivity index (χ2v) is 22.5. The fraction of sp³-hybridized carbons (Fsp3) is 0.778. The summed E-state index contributed by atoms with van der Waals surface area (Å²) >= 11 is -1.10. The summed E-state index contributed by atoms with van der Waals surface area (Å²) in [6.45, 7) is 13.4. The van der Waals surface area contributed by atoms with E-state index in [-0.39, 0.29) is 11.2 Å². The molecule has 0 bridgehead atoms. The predicted octanol–water partition coefficient (Wildman–Crippen LogP) is 15.3. The summed E-state index contributed by atoms with van der Waals surface area (Å²) in [5, 5.41) is 22.9. The number of ether oxygens (including phenoxy) is 2. The Morgan fingerprint density at radius 2 is 0.729 bits per heavy atom. The molecule has 0 amide bonds. The molecule has 0 aliphatic carbocycles. The van der Waals surface area contributed by atoms with E-state index in [1.54, 1.807) is 0 Å². The van der Waals surface area contributed by atoms with E-state index >= 15 is 0 Å². The van der Waals surface area contributed by atoms with E-state index in [2.05, 4.69) is 41.5 Å². The average molecular weight is 931 g/mol. The Labute approximate surface area is 374 Å². The van der Waals surface area contributed by atoms with Crippen LogP contribution in [0.2, 0.25) is 0 Å². The average Bonchev–Trinajstić information content (AvgIpc) is 3.21. The molecule has 2 aliphatic heterocycles. The zero-order valence-corrected chi connectivity index (χ0v) is 41.6. The van der Waals surface area contributed by atoms with Crippen LogP contribution in [-0.4, -0.2) is 42.3 Å². The van der Waals surface area contributed by atoms with E-state index in [4.69, 9.17) is 9.47 Å². The zero-order chi connectivity index (χ0) is 42.4. The molecule has 0 unspecified atom stereocenters. The predicted molar refractivity (Wildman–Crippen MR) is 255 cm³/mol. The molecule has 0 fully saturated rings. The van der Waals surface area contributed by atoms with E-state index in [0.717, 1.165) is 68.4 Å². The third-order valence-electron chi connectivity index (χ3n) is 13.8. The molecule has 0 saturated heterocycles. The first-order valence-electron chi connectivity index (χ1n) is 25.4. The first-order valence-corrected chi connectivity index (χ1v) is 27.7. The molecule has 59 heavy (non-hydrogen) atoms. The Bertz CT molecular complexity index is 1380. The van der Waals surface area contributed by atoms with Crippen molar-refractivity contribution >= 4 is 28.1 Å². The summed E-state index contributed by atoms with van der Waals surface area (Å²) in [6.07, 6.45) is 44.5. The van der Waals surface area contributed by atoms with Crippen LogP contribution < -0.4 is 16.7 Å². The fourth-order valence-corrected chi connectivity index (χ4v) is 13.2. The van der Waals surface area contributed by atoms with E-state index in [1.807, 2.05) is 12.1 Å². The minimum absolute atomic E-state index is 0.167. The minimum atomic E-state index is -1.10. The number of aromatic hydroxyl groups is 2. The van der Waals surface area contributed by atoms with Crippen LogP contribution in [0.1, 0.15) is 255 Å². The first kappa shape index (κ1) is 50.1. The topological polar surface area (TPSA) is 58.9 Å². The second kappa shape index (κ2) is 27.5. The molecule has 2 aliphatic rings. The second-order valence-electron chi connectivity index (χ2n) is 19.6. The van der Waals surface area contributed by atoms with Crippen LogP contribution in [0.5, 0.6) is 23.0 Å². The van der Waals surface area contributed by atoms with Crippen molar-refractivity contribution in [2.75, 3.05) is 0 Å². The molecule has 336 valence electrons. The summed E-state index contributed by atoms with van der Waals surface area (Å²) in [5.74, 6) is 2.71. The van der Waals surface area contributed by atoms with Gasteiger partial charge in [-0.2, -0.15) is 0 Å². The summed E-state index contributed by atoms with van der Waals surface area (Å²) in [4.78, 5) is 0. The molecule has 5 heteroatoms. The van der Waals surface area contributed by atoms with Gasteiger partial charge in [0.2, 0.25) is 0 Å². The molecule has 2 N–H and O–H groups in total. The van der Waals surface area contributed by atoms with Crippen molar-refractivity contribution in [1.82, 2.24) is 0 Å². The molecule has 0 saturated carbocycles. The Morgan fingerprint density at radius 3 is 1.02 bits per heavy atom. The number of fused-ring (bicyclic) bond motifs is 2. The summed E-state index contributed by atoms with van der Waals surface area (Å²) in [7, 11) is 0. The van der Waals surface area contributed by atoms with Gasteiger partial charge in [0, 0.05) is 0 Å². The number of phenols is 2. The SMILES string of the molecule is CCCCCCCCCCCCCCCC[C@]1(C)CCc2c(c(C)cc(O)c2[Te]c2c(O)cc(C)c3c2CC[C@@](C)(CCCCCCCCCCCCCCCC)O3)O1. The van der Waals surface area contributed by atoms with Crippen LogP contribution in [0.25, 0.3) is 0 Å². The van der Waals surface area contributed by atoms with Gasteiger partial charge in [0.05, 0.1) is 0 Å². The maximum atomic E-state index is 11.4. The number of rotatable bonds is 32. The number of aryl methyl sites for hydroxylation is 2. The van der Waals surface area contributed by atoms with E-state index in [9.17, 15) is 10.2 Å². The van der Waals surface area contributed by atoms with Crippen molar-refractivity contribution in [3.05, 3.63) is 34.4 Å². The van der Waals surface area contributed by atoms with Crippen molar-refractivity contribution in [3.63, 3.8) is 0 Å². The van der Waals surface area contributed by atoms with E-state index in [0.29, 0.717) is 11.5 Å². The van der Waals surface area contributed by atoms with Crippen LogP contribution in [0.3, 0.4) is 0 Å². The standard InChI is InChI=1S/C54H90O4Te/c1-7-9-11-13-15-17-19-21-23-25-27-29-31-33-37-53(5)39-35-45-49(57-53)43(3)41-47(55)51(45)59-52-46-36-40-54(6,58-50(46)44(4)42-48(52)56)38-34-32-30-28-26-24-22-20-18-16-14-12-10-8-2/h41-42,55-56H,7-40H2,1-6H3/t53-,54-/m1/s1. The van der Waals surface area contributed by atoms with Gasteiger partial charge in [-0.25, -0.2) is 0 Å². The zero-order valence-electron chi connectivity index (χ0n) is 39.3. The van der Waals surface area contributed by atoms with Crippen LogP contribution >= 0.6 is 0 Å².